The topological polar surface area (TPSA) is 63.0 Å². The lowest BCUT2D eigenvalue weighted by Gasteiger charge is -2.00. The Kier molecular flexibility index (Phi) is 2.07. The van der Waals surface area contributed by atoms with Crippen LogP contribution in [0.4, 0.5) is 0 Å². The van der Waals surface area contributed by atoms with Gasteiger partial charge < -0.3 is 10.2 Å². The van der Waals surface area contributed by atoms with E-state index in [0.717, 1.165) is 11.3 Å². The van der Waals surface area contributed by atoms with Crippen molar-refractivity contribution in [3.63, 3.8) is 0 Å². The fourth-order valence-electron chi connectivity index (χ4n) is 1.28. The minimum Gasteiger partial charge on any atom is -0.464 e. The van der Waals surface area contributed by atoms with E-state index in [4.69, 9.17) is 15.6 Å². The molecule has 0 aliphatic rings. The molecule has 3 nitrogen and oxygen atoms in total. The SMILES string of the molecule is N=C(N)c1cccc(-c2ccco2)c1. The number of benzene rings is 1. The molecule has 1 aromatic heterocycles. The Bertz CT molecular complexity index is 446. The lowest BCUT2D eigenvalue weighted by molar-refractivity contribution is 0.582. The molecule has 0 unspecified atom stereocenters. The highest BCUT2D eigenvalue weighted by atomic mass is 16.3. The number of hydrogen-bond acceptors (Lipinski definition) is 2. The summed E-state index contributed by atoms with van der Waals surface area (Å²) in [5.41, 5.74) is 7.03. The molecule has 2 rings (SSSR count). The molecule has 0 saturated carbocycles. The van der Waals surface area contributed by atoms with Crippen LogP contribution in [0, 0.1) is 5.41 Å². The lowest BCUT2D eigenvalue weighted by Crippen LogP contribution is -2.10. The smallest absolute Gasteiger partial charge is 0.133 e. The molecule has 0 radical (unpaired) electrons. The molecule has 70 valence electrons. The van der Waals surface area contributed by atoms with Gasteiger partial charge in [-0.25, -0.2) is 0 Å². The van der Waals surface area contributed by atoms with Crippen molar-refractivity contribution in [3.05, 3.63) is 48.2 Å². The van der Waals surface area contributed by atoms with Gasteiger partial charge in [0.2, 0.25) is 0 Å². The number of hydrogen-bond donors (Lipinski definition) is 2. The third-order valence-corrected chi connectivity index (χ3v) is 1.98. The summed E-state index contributed by atoms with van der Waals surface area (Å²) in [5.74, 6) is 0.853. The molecular weight excluding hydrogens is 176 g/mol. The third-order valence-electron chi connectivity index (χ3n) is 1.98. The molecule has 0 fully saturated rings. The van der Waals surface area contributed by atoms with Crippen LogP contribution in [0.1, 0.15) is 5.56 Å². The summed E-state index contributed by atoms with van der Waals surface area (Å²) < 4.78 is 5.24. The van der Waals surface area contributed by atoms with Crippen molar-refractivity contribution in [2.45, 2.75) is 0 Å². The summed E-state index contributed by atoms with van der Waals surface area (Å²) in [7, 11) is 0. The molecule has 0 aliphatic carbocycles. The van der Waals surface area contributed by atoms with Gasteiger partial charge in [-0.3, -0.25) is 5.41 Å². The van der Waals surface area contributed by atoms with Gasteiger partial charge in [0.25, 0.3) is 0 Å². The van der Waals surface area contributed by atoms with Crippen LogP contribution in [0.5, 0.6) is 0 Å². The number of furan rings is 1. The van der Waals surface area contributed by atoms with Crippen molar-refractivity contribution in [1.29, 1.82) is 5.41 Å². The average molecular weight is 186 g/mol. The van der Waals surface area contributed by atoms with Crippen molar-refractivity contribution in [1.82, 2.24) is 0 Å². The maximum Gasteiger partial charge on any atom is 0.133 e. The van der Waals surface area contributed by atoms with E-state index in [1.54, 1.807) is 12.3 Å². The van der Waals surface area contributed by atoms with Crippen LogP contribution in [-0.4, -0.2) is 5.84 Å². The molecule has 14 heavy (non-hydrogen) atoms. The largest absolute Gasteiger partial charge is 0.464 e. The minimum atomic E-state index is 0.0680. The van der Waals surface area contributed by atoms with Gasteiger partial charge in [-0.05, 0) is 18.2 Å². The van der Waals surface area contributed by atoms with E-state index in [0.29, 0.717) is 5.56 Å². The van der Waals surface area contributed by atoms with Crippen LogP contribution in [0.2, 0.25) is 0 Å². The maximum absolute atomic E-state index is 7.30. The first-order valence-corrected chi connectivity index (χ1v) is 4.26. The zero-order valence-corrected chi connectivity index (χ0v) is 7.53. The molecule has 1 heterocycles. The molecule has 3 N–H and O–H groups in total. The highest BCUT2D eigenvalue weighted by Gasteiger charge is 2.02. The second-order valence-corrected chi connectivity index (χ2v) is 2.97. The van der Waals surface area contributed by atoms with E-state index in [2.05, 4.69) is 0 Å². The second kappa shape index (κ2) is 3.38. The van der Waals surface area contributed by atoms with E-state index < -0.39 is 0 Å². The van der Waals surface area contributed by atoms with Gasteiger partial charge in [-0.2, -0.15) is 0 Å². The fraction of sp³-hybridized carbons (Fsp3) is 0. The predicted molar refractivity (Wildman–Crippen MR) is 55.2 cm³/mol. The molecular formula is C11H10N2O. The first-order chi connectivity index (χ1) is 6.77. The Morgan fingerprint density at radius 3 is 2.71 bits per heavy atom. The highest BCUT2D eigenvalue weighted by Crippen LogP contribution is 2.20. The summed E-state index contributed by atoms with van der Waals surface area (Å²) >= 11 is 0. The molecule has 1 aromatic carbocycles. The average Bonchev–Trinajstić information content (AvgIpc) is 2.71. The van der Waals surface area contributed by atoms with Crippen LogP contribution >= 0.6 is 0 Å². The Labute approximate surface area is 81.7 Å². The quantitative estimate of drug-likeness (QED) is 0.558. The molecule has 0 amide bonds. The van der Waals surface area contributed by atoms with Crippen LogP contribution in [-0.2, 0) is 0 Å². The molecule has 0 spiro atoms. The number of nitrogen functional groups attached to an aromatic ring is 1. The number of nitrogens with two attached hydrogens (primary N) is 1. The second-order valence-electron chi connectivity index (χ2n) is 2.97. The number of rotatable bonds is 2. The fourth-order valence-corrected chi connectivity index (χ4v) is 1.28. The van der Waals surface area contributed by atoms with Crippen molar-refractivity contribution in [2.75, 3.05) is 0 Å². The van der Waals surface area contributed by atoms with E-state index in [-0.39, 0.29) is 5.84 Å². The number of nitrogens with one attached hydrogen (secondary N) is 1. The lowest BCUT2D eigenvalue weighted by atomic mass is 10.1. The Hall–Kier alpha value is -2.03. The summed E-state index contributed by atoms with van der Waals surface area (Å²) in [6.45, 7) is 0. The molecule has 0 atom stereocenters. The summed E-state index contributed by atoms with van der Waals surface area (Å²) in [6, 6.07) is 11.1. The maximum atomic E-state index is 7.30. The van der Waals surface area contributed by atoms with Gasteiger partial charge in [0.1, 0.15) is 11.6 Å². The first kappa shape index (κ1) is 8.56. The van der Waals surface area contributed by atoms with Crippen molar-refractivity contribution >= 4 is 5.84 Å². The molecule has 3 heteroatoms. The van der Waals surface area contributed by atoms with Gasteiger partial charge in [0.15, 0.2) is 0 Å². The van der Waals surface area contributed by atoms with E-state index in [9.17, 15) is 0 Å². The normalized spacial score (nSPS) is 10.0. The van der Waals surface area contributed by atoms with Gasteiger partial charge in [0.05, 0.1) is 6.26 Å². The Morgan fingerprint density at radius 1 is 1.21 bits per heavy atom. The minimum absolute atomic E-state index is 0.0680. The number of amidine groups is 1. The zero-order chi connectivity index (χ0) is 9.97. The third kappa shape index (κ3) is 1.52. The summed E-state index contributed by atoms with van der Waals surface area (Å²) in [4.78, 5) is 0. The summed E-state index contributed by atoms with van der Waals surface area (Å²) in [6.07, 6.45) is 1.62. The molecule has 0 aliphatic heterocycles. The zero-order valence-electron chi connectivity index (χ0n) is 7.53. The van der Waals surface area contributed by atoms with E-state index in [1.165, 1.54) is 0 Å². The molecule has 2 aromatic rings. The van der Waals surface area contributed by atoms with Crippen molar-refractivity contribution < 1.29 is 4.42 Å². The van der Waals surface area contributed by atoms with E-state index >= 15 is 0 Å². The van der Waals surface area contributed by atoms with Gasteiger partial charge >= 0.3 is 0 Å². The van der Waals surface area contributed by atoms with Gasteiger partial charge in [-0.1, -0.05) is 18.2 Å². The molecule has 0 saturated heterocycles. The standard InChI is InChI=1S/C11H10N2O/c12-11(13)9-4-1-3-8(7-9)10-5-2-6-14-10/h1-7H,(H3,12,13). The van der Waals surface area contributed by atoms with E-state index in [1.807, 2.05) is 30.3 Å². The first-order valence-electron chi connectivity index (χ1n) is 4.26. The van der Waals surface area contributed by atoms with Crippen LogP contribution in [0.15, 0.2) is 47.1 Å². The van der Waals surface area contributed by atoms with Crippen LogP contribution < -0.4 is 5.73 Å². The Balaban J connectivity index is 2.46. The van der Waals surface area contributed by atoms with Gasteiger partial charge in [0, 0.05) is 11.1 Å². The van der Waals surface area contributed by atoms with Gasteiger partial charge in [-0.15, -0.1) is 0 Å². The Morgan fingerprint density at radius 2 is 2.07 bits per heavy atom. The molecule has 0 bridgehead atoms. The predicted octanol–water partition coefficient (Wildman–Crippen LogP) is 2.23. The van der Waals surface area contributed by atoms with Crippen molar-refractivity contribution in [3.8, 4) is 11.3 Å². The summed E-state index contributed by atoms with van der Waals surface area (Å²) in [5, 5.41) is 7.30. The van der Waals surface area contributed by atoms with Crippen LogP contribution in [0.25, 0.3) is 11.3 Å². The highest BCUT2D eigenvalue weighted by molar-refractivity contribution is 5.95. The van der Waals surface area contributed by atoms with Crippen LogP contribution in [0.3, 0.4) is 0 Å². The van der Waals surface area contributed by atoms with Crippen molar-refractivity contribution in [2.24, 2.45) is 5.73 Å². The monoisotopic (exact) mass is 186 g/mol.